The molecule has 0 aromatic heterocycles. The minimum atomic E-state index is 0. The van der Waals surface area contributed by atoms with Crippen LogP contribution in [0.2, 0.25) is 0 Å². The molecule has 10 heavy (non-hydrogen) atoms. The molecule has 0 heterocycles. The summed E-state index contributed by atoms with van der Waals surface area (Å²) in [6, 6.07) is 1.61. The van der Waals surface area contributed by atoms with Crippen molar-refractivity contribution >= 4 is 6.41 Å². The second-order valence-electron chi connectivity index (χ2n) is 1.25. The summed E-state index contributed by atoms with van der Waals surface area (Å²) in [4.78, 5) is 9.59. The zero-order valence-electron chi connectivity index (χ0n) is 5.63. The molecule has 0 spiro atoms. The van der Waals surface area contributed by atoms with Crippen molar-refractivity contribution in [3.8, 4) is 6.07 Å². The number of hydrogen-bond donors (Lipinski definition) is 1. The summed E-state index contributed by atoms with van der Waals surface area (Å²) in [5.74, 6) is 0. The van der Waals surface area contributed by atoms with Crippen molar-refractivity contribution in [1.82, 2.24) is 5.32 Å². The summed E-state index contributed by atoms with van der Waals surface area (Å²) >= 11 is 0. The molecule has 48 valence electrons. The van der Waals surface area contributed by atoms with Gasteiger partial charge >= 0.3 is 29.6 Å². The maximum absolute atomic E-state index is 9.83. The molecule has 0 bridgehead atoms. The minimum Gasteiger partial charge on any atom is -0.877 e. The van der Waals surface area contributed by atoms with E-state index in [4.69, 9.17) is 5.26 Å². The molecule has 0 aliphatic rings. The Hall–Kier alpha value is -0.500. The van der Waals surface area contributed by atoms with Gasteiger partial charge < -0.3 is 10.4 Å². The molecule has 5 heteroatoms. The number of nitriles is 1. The first kappa shape index (κ1) is 12.2. The maximum atomic E-state index is 9.83. The second kappa shape index (κ2) is 8.50. The zero-order chi connectivity index (χ0) is 7.11. The quantitative estimate of drug-likeness (QED) is 0.190. The molecule has 0 atom stereocenters. The van der Waals surface area contributed by atoms with Crippen LogP contribution in [-0.4, -0.2) is 13.0 Å². The SMILES string of the molecule is N#C/C(=C/[O-])CNC=O.[Na+]. The van der Waals surface area contributed by atoms with Crippen molar-refractivity contribution in [2.45, 2.75) is 0 Å². The zero-order valence-corrected chi connectivity index (χ0v) is 7.63. The Bertz CT molecular complexity index is 162. The van der Waals surface area contributed by atoms with Crippen molar-refractivity contribution in [3.05, 3.63) is 11.8 Å². The van der Waals surface area contributed by atoms with Crippen molar-refractivity contribution in [2.75, 3.05) is 6.54 Å². The van der Waals surface area contributed by atoms with Crippen LogP contribution in [0.3, 0.4) is 0 Å². The van der Waals surface area contributed by atoms with Gasteiger partial charge in [-0.25, -0.2) is 0 Å². The first-order valence-corrected chi connectivity index (χ1v) is 2.23. The van der Waals surface area contributed by atoms with E-state index in [-0.39, 0.29) is 41.7 Å². The van der Waals surface area contributed by atoms with E-state index in [2.05, 4.69) is 5.32 Å². The van der Waals surface area contributed by atoms with Crippen molar-refractivity contribution in [2.24, 2.45) is 0 Å². The Morgan fingerprint density at radius 2 is 2.40 bits per heavy atom. The Labute approximate surface area is 80.8 Å². The van der Waals surface area contributed by atoms with E-state index in [1.165, 1.54) is 0 Å². The Morgan fingerprint density at radius 3 is 2.70 bits per heavy atom. The van der Waals surface area contributed by atoms with Crippen LogP contribution in [0.25, 0.3) is 0 Å². The van der Waals surface area contributed by atoms with Gasteiger partial charge in [-0.1, -0.05) is 0 Å². The minimum absolute atomic E-state index is 0. The van der Waals surface area contributed by atoms with Crippen LogP contribution < -0.4 is 40.0 Å². The molecule has 0 rings (SSSR count). The number of carbonyl (C=O) groups is 1. The van der Waals surface area contributed by atoms with E-state index in [9.17, 15) is 9.90 Å². The van der Waals surface area contributed by atoms with Gasteiger partial charge in [-0.2, -0.15) is 5.26 Å². The maximum Gasteiger partial charge on any atom is 1.00 e. The molecule has 0 unspecified atom stereocenters. The van der Waals surface area contributed by atoms with Gasteiger partial charge in [0.15, 0.2) is 0 Å². The van der Waals surface area contributed by atoms with Gasteiger partial charge in [-0.05, 0) is 0 Å². The van der Waals surface area contributed by atoms with Crippen molar-refractivity contribution in [3.63, 3.8) is 0 Å². The third kappa shape index (κ3) is 5.63. The molecule has 0 saturated heterocycles. The van der Waals surface area contributed by atoms with Crippen LogP contribution in [0.5, 0.6) is 0 Å². The topological polar surface area (TPSA) is 75.9 Å². The summed E-state index contributed by atoms with van der Waals surface area (Å²) in [5, 5.41) is 20.1. The van der Waals surface area contributed by atoms with E-state index in [1.807, 2.05) is 0 Å². The van der Waals surface area contributed by atoms with E-state index in [0.717, 1.165) is 0 Å². The molecule has 1 N–H and O–H groups in total. The first-order chi connectivity index (χ1) is 4.35. The number of nitrogens with one attached hydrogen (secondary N) is 1. The monoisotopic (exact) mass is 148 g/mol. The summed E-state index contributed by atoms with van der Waals surface area (Å²) in [6.45, 7) is 0.0174. The summed E-state index contributed by atoms with van der Waals surface area (Å²) in [5.41, 5.74) is 0.0158. The van der Waals surface area contributed by atoms with Gasteiger partial charge in [-0.15, -0.1) is 6.26 Å². The predicted molar refractivity (Wildman–Crippen MR) is 27.8 cm³/mol. The van der Waals surface area contributed by atoms with E-state index >= 15 is 0 Å². The first-order valence-electron chi connectivity index (χ1n) is 2.23. The molecule has 0 fully saturated rings. The van der Waals surface area contributed by atoms with Gasteiger partial charge in [0.1, 0.15) is 0 Å². The molecule has 0 aromatic carbocycles. The second-order valence-corrected chi connectivity index (χ2v) is 1.25. The largest absolute Gasteiger partial charge is 1.00 e. The molecule has 0 aliphatic heterocycles. The van der Waals surface area contributed by atoms with Crippen LogP contribution in [-0.2, 0) is 4.79 Å². The molecule has 0 aliphatic carbocycles. The molecular weight excluding hydrogens is 143 g/mol. The Morgan fingerprint density at radius 1 is 1.80 bits per heavy atom. The fourth-order valence-corrected chi connectivity index (χ4v) is 0.259. The van der Waals surface area contributed by atoms with Crippen LogP contribution in [0.1, 0.15) is 0 Å². The number of hydrogen-bond acceptors (Lipinski definition) is 3. The van der Waals surface area contributed by atoms with E-state index < -0.39 is 0 Å². The molecule has 0 radical (unpaired) electrons. The van der Waals surface area contributed by atoms with Crippen LogP contribution >= 0.6 is 0 Å². The van der Waals surface area contributed by atoms with Crippen LogP contribution in [0, 0.1) is 11.3 Å². The van der Waals surface area contributed by atoms with Gasteiger partial charge in [-0.3, -0.25) is 4.79 Å². The summed E-state index contributed by atoms with van der Waals surface area (Å²) < 4.78 is 0. The van der Waals surface area contributed by atoms with Gasteiger partial charge in [0, 0.05) is 5.57 Å². The fourth-order valence-electron chi connectivity index (χ4n) is 0.259. The van der Waals surface area contributed by atoms with Crippen molar-refractivity contribution < 1.29 is 39.5 Å². The molecular formula is C5H5N2NaO2. The van der Waals surface area contributed by atoms with Gasteiger partial charge in [0.25, 0.3) is 0 Å². The number of nitrogens with zero attached hydrogens (tertiary/aromatic N) is 1. The number of carbonyl (C=O) groups excluding carboxylic acids is 1. The third-order valence-corrected chi connectivity index (χ3v) is 0.662. The van der Waals surface area contributed by atoms with Crippen LogP contribution in [0.15, 0.2) is 11.8 Å². The van der Waals surface area contributed by atoms with Gasteiger partial charge in [0.05, 0.1) is 12.6 Å². The molecule has 1 amide bonds. The average Bonchev–Trinajstić information content (AvgIpc) is 1.91. The smallest absolute Gasteiger partial charge is 0.877 e. The average molecular weight is 148 g/mol. The summed E-state index contributed by atoms with van der Waals surface area (Å²) in [7, 11) is 0. The fraction of sp³-hybridized carbons (Fsp3) is 0.200. The molecule has 4 nitrogen and oxygen atoms in total. The standard InChI is InChI=1S/C5H6N2O2.Na/c6-1-5(3-8)2-7-4-9;/h3-4,8H,2H2,(H,7,9);/q;+1/p-1/b5-3-;. The van der Waals surface area contributed by atoms with Crippen LogP contribution in [0.4, 0.5) is 0 Å². The Kier molecular flexibility index (Phi) is 10.4. The van der Waals surface area contributed by atoms with Crippen molar-refractivity contribution in [1.29, 1.82) is 5.26 Å². The Balaban J connectivity index is 0. The third-order valence-electron chi connectivity index (χ3n) is 0.662. The van der Waals surface area contributed by atoms with E-state index in [0.29, 0.717) is 12.7 Å². The predicted octanol–water partition coefficient (Wildman–Crippen LogP) is -4.50. The summed E-state index contributed by atoms with van der Waals surface area (Å²) in [6.07, 6.45) is 0.845. The molecule has 0 aromatic rings. The van der Waals surface area contributed by atoms with Gasteiger partial charge in [0.2, 0.25) is 6.41 Å². The normalized spacial score (nSPS) is 8.90. The van der Waals surface area contributed by atoms with E-state index in [1.54, 1.807) is 6.07 Å². The number of rotatable bonds is 3. The molecule has 0 saturated carbocycles. The number of amides is 1.